The summed E-state index contributed by atoms with van der Waals surface area (Å²) in [5, 5.41) is 10.4. The van der Waals surface area contributed by atoms with Crippen LogP contribution in [0.2, 0.25) is 0 Å². The van der Waals surface area contributed by atoms with Gasteiger partial charge in [-0.15, -0.1) is 0 Å². The maximum absolute atomic E-state index is 13.2. The van der Waals surface area contributed by atoms with Gasteiger partial charge in [0.2, 0.25) is 11.2 Å². The van der Waals surface area contributed by atoms with E-state index in [0.29, 0.717) is 22.6 Å². The molecule has 0 amide bonds. The molecule has 2 aliphatic heterocycles. The number of phenols is 1. The molecule has 0 saturated carbocycles. The highest BCUT2D eigenvalue weighted by molar-refractivity contribution is 6.00. The number of methoxy groups -OCH3 is 2. The summed E-state index contributed by atoms with van der Waals surface area (Å²) in [5.41, 5.74) is 0.883. The molecule has 2 aliphatic rings. The summed E-state index contributed by atoms with van der Waals surface area (Å²) in [7, 11) is 2.91. The summed E-state index contributed by atoms with van der Waals surface area (Å²) in [5.74, 6) is 0.537. The summed E-state index contributed by atoms with van der Waals surface area (Å²) < 4.78 is 28.3. The minimum atomic E-state index is -0.542. The predicted octanol–water partition coefficient (Wildman–Crippen LogP) is 3.02. The molecule has 7 nitrogen and oxygen atoms in total. The van der Waals surface area contributed by atoms with Gasteiger partial charge in [0.15, 0.2) is 17.1 Å². The Bertz CT molecular complexity index is 1160. The summed E-state index contributed by atoms with van der Waals surface area (Å²) in [6.07, 6.45) is 2.86. The van der Waals surface area contributed by atoms with E-state index in [4.69, 9.17) is 23.4 Å². The van der Waals surface area contributed by atoms with E-state index < -0.39 is 11.7 Å². The van der Waals surface area contributed by atoms with E-state index in [0.717, 1.165) is 0 Å². The molecule has 132 valence electrons. The molecule has 2 atom stereocenters. The van der Waals surface area contributed by atoms with Crippen LogP contribution in [0.4, 0.5) is 0 Å². The van der Waals surface area contributed by atoms with Crippen LogP contribution in [0.3, 0.4) is 0 Å². The van der Waals surface area contributed by atoms with Crippen LogP contribution in [0, 0.1) is 0 Å². The Hall–Kier alpha value is -3.35. The van der Waals surface area contributed by atoms with Gasteiger partial charge in [0.1, 0.15) is 22.1 Å². The Balaban J connectivity index is 2.04. The van der Waals surface area contributed by atoms with Gasteiger partial charge < -0.3 is 28.5 Å². The summed E-state index contributed by atoms with van der Waals surface area (Å²) in [6, 6.07) is 4.69. The van der Waals surface area contributed by atoms with Crippen molar-refractivity contribution >= 4 is 21.9 Å². The topological polar surface area (TPSA) is 87.4 Å². The van der Waals surface area contributed by atoms with Crippen LogP contribution in [0.15, 0.2) is 39.7 Å². The predicted molar refractivity (Wildman–Crippen MR) is 92.1 cm³/mol. The van der Waals surface area contributed by atoms with Crippen molar-refractivity contribution in [3.63, 3.8) is 0 Å². The van der Waals surface area contributed by atoms with E-state index in [1.807, 2.05) is 6.08 Å². The van der Waals surface area contributed by atoms with Crippen molar-refractivity contribution in [1.82, 2.24) is 0 Å². The number of phenolic OH excluding ortho intramolecular Hbond substituents is 1. The highest BCUT2D eigenvalue weighted by Crippen LogP contribution is 2.55. The van der Waals surface area contributed by atoms with Crippen molar-refractivity contribution < 1.29 is 28.5 Å². The molecule has 7 heteroatoms. The lowest BCUT2D eigenvalue weighted by atomic mass is 9.96. The van der Waals surface area contributed by atoms with Crippen molar-refractivity contribution in [2.75, 3.05) is 14.2 Å². The average Bonchev–Trinajstić information content (AvgIpc) is 3.21. The van der Waals surface area contributed by atoms with Crippen LogP contribution in [-0.2, 0) is 4.74 Å². The van der Waals surface area contributed by atoms with E-state index in [9.17, 15) is 9.90 Å². The quantitative estimate of drug-likeness (QED) is 0.708. The lowest BCUT2D eigenvalue weighted by molar-refractivity contribution is -0.00615. The molecule has 0 radical (unpaired) electrons. The highest BCUT2D eigenvalue weighted by atomic mass is 16.7. The van der Waals surface area contributed by atoms with Gasteiger partial charge in [-0.2, -0.15) is 0 Å². The maximum atomic E-state index is 13.2. The van der Waals surface area contributed by atoms with E-state index >= 15 is 0 Å². The minimum Gasteiger partial charge on any atom is -0.507 e. The molecular weight excluding hydrogens is 340 g/mol. The first-order chi connectivity index (χ1) is 12.7. The molecule has 3 aromatic rings. The Labute approximate surface area is 146 Å². The summed E-state index contributed by atoms with van der Waals surface area (Å²) in [4.78, 5) is 13.2. The van der Waals surface area contributed by atoms with Gasteiger partial charge in [-0.3, -0.25) is 4.79 Å². The minimum absolute atomic E-state index is 0.0917. The molecule has 1 aromatic heterocycles. The molecule has 26 heavy (non-hydrogen) atoms. The zero-order chi connectivity index (χ0) is 18.0. The van der Waals surface area contributed by atoms with Gasteiger partial charge in [-0.25, -0.2) is 0 Å². The number of hydrogen-bond donors (Lipinski definition) is 1. The third-order valence-electron chi connectivity index (χ3n) is 4.79. The zero-order valence-corrected chi connectivity index (χ0v) is 13.9. The van der Waals surface area contributed by atoms with Crippen molar-refractivity contribution in [3.8, 4) is 23.0 Å². The fourth-order valence-corrected chi connectivity index (χ4v) is 3.69. The summed E-state index contributed by atoms with van der Waals surface area (Å²) in [6.45, 7) is 0. The highest BCUT2D eigenvalue weighted by Gasteiger charge is 2.43. The molecular formula is C19H14O7. The molecule has 1 N–H and O–H groups in total. The van der Waals surface area contributed by atoms with Gasteiger partial charge >= 0.3 is 0 Å². The number of fused-ring (bicyclic) bond motifs is 6. The molecule has 0 fully saturated rings. The standard InChI is InChI=1S/C19H14O7/c1-22-16-13-14(21)12-9(20)4-3-5-10(12)25-15(13)11-8-6-7-24-19(8)26-17(11)18(16)23-2/h3-8,19-20H,1-2H3. The third-order valence-corrected chi connectivity index (χ3v) is 4.79. The van der Waals surface area contributed by atoms with E-state index in [1.54, 1.807) is 18.4 Å². The second-order valence-electron chi connectivity index (χ2n) is 6.07. The van der Waals surface area contributed by atoms with Crippen LogP contribution in [0.5, 0.6) is 23.0 Å². The SMILES string of the molecule is COc1c2c(c3oc4cccc(O)c4c(=O)c3c1OC)C1C=COC1O2. The largest absolute Gasteiger partial charge is 0.507 e. The first-order valence-electron chi connectivity index (χ1n) is 8.00. The van der Waals surface area contributed by atoms with Gasteiger partial charge in [-0.1, -0.05) is 6.07 Å². The Morgan fingerprint density at radius 1 is 1.12 bits per heavy atom. The van der Waals surface area contributed by atoms with E-state index in [1.165, 1.54) is 20.3 Å². The zero-order valence-electron chi connectivity index (χ0n) is 13.9. The smallest absolute Gasteiger partial charge is 0.251 e. The van der Waals surface area contributed by atoms with Crippen LogP contribution in [0.25, 0.3) is 21.9 Å². The monoisotopic (exact) mass is 354 g/mol. The van der Waals surface area contributed by atoms with Crippen molar-refractivity contribution in [2.45, 2.75) is 12.2 Å². The number of ether oxygens (including phenoxy) is 4. The molecule has 0 saturated heterocycles. The van der Waals surface area contributed by atoms with Gasteiger partial charge in [-0.05, 0) is 18.2 Å². The first kappa shape index (κ1) is 14.9. The number of hydrogen-bond acceptors (Lipinski definition) is 7. The second-order valence-corrected chi connectivity index (χ2v) is 6.07. The van der Waals surface area contributed by atoms with Gasteiger partial charge in [0, 0.05) is 0 Å². The molecule has 3 heterocycles. The van der Waals surface area contributed by atoms with Crippen LogP contribution >= 0.6 is 0 Å². The number of rotatable bonds is 2. The summed E-state index contributed by atoms with van der Waals surface area (Å²) >= 11 is 0. The van der Waals surface area contributed by atoms with Gasteiger partial charge in [0.25, 0.3) is 6.29 Å². The van der Waals surface area contributed by atoms with Crippen LogP contribution in [0.1, 0.15) is 11.5 Å². The molecule has 0 spiro atoms. The van der Waals surface area contributed by atoms with Crippen LogP contribution in [-0.4, -0.2) is 25.6 Å². The van der Waals surface area contributed by atoms with Crippen molar-refractivity contribution in [2.24, 2.45) is 0 Å². The van der Waals surface area contributed by atoms with Crippen molar-refractivity contribution in [3.05, 3.63) is 46.3 Å². The molecule has 0 bridgehead atoms. The lowest BCUT2D eigenvalue weighted by Crippen LogP contribution is -2.14. The molecule has 5 rings (SSSR count). The number of aromatic hydroxyl groups is 1. The Kier molecular flexibility index (Phi) is 2.92. The Morgan fingerprint density at radius 2 is 1.92 bits per heavy atom. The first-order valence-corrected chi connectivity index (χ1v) is 8.00. The molecule has 0 aliphatic carbocycles. The maximum Gasteiger partial charge on any atom is 0.251 e. The van der Waals surface area contributed by atoms with Crippen molar-refractivity contribution in [1.29, 1.82) is 0 Å². The average molecular weight is 354 g/mol. The lowest BCUT2D eigenvalue weighted by Gasteiger charge is -2.15. The van der Waals surface area contributed by atoms with E-state index in [2.05, 4.69) is 0 Å². The normalized spacial score (nSPS) is 19.9. The second kappa shape index (κ2) is 5.08. The van der Waals surface area contributed by atoms with Gasteiger partial charge in [0.05, 0.1) is 32.0 Å². The van der Waals surface area contributed by atoms with Crippen LogP contribution < -0.4 is 19.6 Å². The third kappa shape index (κ3) is 1.69. The fourth-order valence-electron chi connectivity index (χ4n) is 3.69. The number of benzene rings is 2. The van der Waals surface area contributed by atoms with E-state index in [-0.39, 0.29) is 33.8 Å². The Morgan fingerprint density at radius 3 is 2.69 bits per heavy atom. The molecule has 2 unspecified atom stereocenters. The fraction of sp³-hybridized carbons (Fsp3) is 0.211. The molecule has 2 aromatic carbocycles.